The molecule has 0 bridgehead atoms. The molecule has 2 heterocycles. The second kappa shape index (κ2) is 9.18. The van der Waals surface area contributed by atoms with Crippen LogP contribution in [-0.4, -0.2) is 24.0 Å². The number of aryl methyl sites for hydroxylation is 1. The fourth-order valence-corrected chi connectivity index (χ4v) is 4.19. The molecule has 5 heteroatoms. The molecule has 0 spiro atoms. The lowest BCUT2D eigenvalue weighted by Crippen LogP contribution is -2.20. The van der Waals surface area contributed by atoms with E-state index in [1.165, 1.54) is 0 Å². The molecule has 1 atom stereocenters. The molecule has 1 unspecified atom stereocenters. The lowest BCUT2D eigenvalue weighted by Gasteiger charge is -2.16. The minimum absolute atomic E-state index is 0.0136. The average molecular weight is 425 g/mol. The van der Waals surface area contributed by atoms with E-state index < -0.39 is 0 Å². The Morgan fingerprint density at radius 2 is 1.53 bits per heavy atom. The number of carbonyl (C=O) groups is 1. The molecule has 2 aliphatic heterocycles. The zero-order valence-electron chi connectivity index (χ0n) is 17.7. The Morgan fingerprint density at radius 3 is 2.34 bits per heavy atom. The Balaban J connectivity index is 1.23. The van der Waals surface area contributed by atoms with Gasteiger partial charge in [-0.3, -0.25) is 4.79 Å². The molecule has 0 aliphatic carbocycles. The van der Waals surface area contributed by atoms with Crippen molar-refractivity contribution in [1.82, 2.24) is 0 Å². The van der Waals surface area contributed by atoms with Gasteiger partial charge in [0.25, 0.3) is 0 Å². The van der Waals surface area contributed by atoms with Crippen LogP contribution in [0.4, 0.5) is 0 Å². The first-order valence-electron chi connectivity index (χ1n) is 10.9. The third-order valence-electron chi connectivity index (χ3n) is 5.88. The number of benzene rings is 3. The van der Waals surface area contributed by atoms with Gasteiger partial charge in [0.1, 0.15) is 5.78 Å². The van der Waals surface area contributed by atoms with Crippen molar-refractivity contribution in [3.63, 3.8) is 0 Å². The van der Waals surface area contributed by atoms with E-state index in [1.807, 2.05) is 54.6 Å². The van der Waals surface area contributed by atoms with E-state index in [-0.39, 0.29) is 18.5 Å². The van der Waals surface area contributed by atoms with Gasteiger partial charge in [-0.05, 0) is 41.7 Å². The molecular weight excluding hydrogens is 400 g/mol. The van der Waals surface area contributed by atoms with Crippen molar-refractivity contribution in [3.05, 3.63) is 95.6 Å². The van der Waals surface area contributed by atoms with Crippen molar-refractivity contribution >= 4 is 17.2 Å². The van der Waals surface area contributed by atoms with Gasteiger partial charge < -0.3 is 9.47 Å². The van der Waals surface area contributed by atoms with E-state index in [4.69, 9.17) is 9.47 Å². The number of nitrogens with zero attached hydrogens (tertiary/aromatic N) is 2. The number of hydrogen-bond donors (Lipinski definition) is 0. The lowest BCUT2D eigenvalue weighted by molar-refractivity contribution is -0.118. The van der Waals surface area contributed by atoms with Gasteiger partial charge >= 0.3 is 0 Å². The largest absolute Gasteiger partial charge is 0.454 e. The summed E-state index contributed by atoms with van der Waals surface area (Å²) in [4.78, 5) is 12.7. The van der Waals surface area contributed by atoms with Crippen LogP contribution >= 0.6 is 0 Å². The summed E-state index contributed by atoms with van der Waals surface area (Å²) in [5, 5.41) is 9.02. The number of ketones is 1. The van der Waals surface area contributed by atoms with Crippen LogP contribution in [-0.2, 0) is 11.2 Å². The Labute approximate surface area is 187 Å². The number of fused-ring (bicyclic) bond motifs is 1. The number of hydrogen-bond acceptors (Lipinski definition) is 5. The van der Waals surface area contributed by atoms with Crippen molar-refractivity contribution in [2.45, 2.75) is 31.6 Å². The minimum Gasteiger partial charge on any atom is -0.454 e. The summed E-state index contributed by atoms with van der Waals surface area (Å²) in [5.41, 5.74) is 5.19. The topological polar surface area (TPSA) is 60.2 Å². The molecule has 0 radical (unpaired) electrons. The molecule has 0 N–H and O–H groups in total. The summed E-state index contributed by atoms with van der Waals surface area (Å²) < 4.78 is 10.8. The highest BCUT2D eigenvalue weighted by Crippen LogP contribution is 2.33. The Hall–Kier alpha value is -3.73. The predicted octanol–water partition coefficient (Wildman–Crippen LogP) is 5.34. The molecule has 3 aromatic rings. The van der Waals surface area contributed by atoms with Crippen molar-refractivity contribution in [2.24, 2.45) is 10.2 Å². The molecule has 0 amide bonds. The first-order chi connectivity index (χ1) is 15.8. The van der Waals surface area contributed by atoms with Crippen molar-refractivity contribution in [1.29, 1.82) is 0 Å². The molecule has 5 nitrogen and oxygen atoms in total. The number of carbonyl (C=O) groups excluding carboxylic acids is 1. The first kappa shape index (κ1) is 20.2. The highest BCUT2D eigenvalue weighted by Gasteiger charge is 2.29. The molecular formula is C27H24N2O3. The van der Waals surface area contributed by atoms with E-state index in [9.17, 15) is 4.79 Å². The maximum absolute atomic E-state index is 12.7. The van der Waals surface area contributed by atoms with Crippen LogP contribution in [0.5, 0.6) is 11.5 Å². The molecule has 2 aliphatic rings. The lowest BCUT2D eigenvalue weighted by atomic mass is 9.84. The van der Waals surface area contributed by atoms with Crippen LogP contribution in [0.3, 0.4) is 0 Å². The maximum atomic E-state index is 12.7. The van der Waals surface area contributed by atoms with Gasteiger partial charge in [0, 0.05) is 12.8 Å². The van der Waals surface area contributed by atoms with E-state index in [2.05, 4.69) is 34.5 Å². The summed E-state index contributed by atoms with van der Waals surface area (Å²) in [7, 11) is 0. The van der Waals surface area contributed by atoms with Crippen molar-refractivity contribution < 1.29 is 14.3 Å². The highest BCUT2D eigenvalue weighted by molar-refractivity contribution is 6.21. The van der Waals surface area contributed by atoms with Gasteiger partial charge in [0.15, 0.2) is 11.5 Å². The molecule has 0 fully saturated rings. The molecule has 3 aromatic carbocycles. The van der Waals surface area contributed by atoms with E-state index in [1.54, 1.807) is 0 Å². The number of rotatable bonds is 8. The predicted molar refractivity (Wildman–Crippen MR) is 125 cm³/mol. The second-order valence-electron chi connectivity index (χ2n) is 8.01. The Bertz CT molecular complexity index is 1170. The fraction of sp³-hybridized carbons (Fsp3) is 0.222. The van der Waals surface area contributed by atoms with Crippen LogP contribution in [0.15, 0.2) is 89.1 Å². The van der Waals surface area contributed by atoms with E-state index in [0.29, 0.717) is 25.7 Å². The molecule has 32 heavy (non-hydrogen) atoms. The van der Waals surface area contributed by atoms with Crippen LogP contribution in [0.2, 0.25) is 0 Å². The van der Waals surface area contributed by atoms with Gasteiger partial charge in [-0.2, -0.15) is 10.2 Å². The Morgan fingerprint density at radius 1 is 0.812 bits per heavy atom. The van der Waals surface area contributed by atoms with Crippen molar-refractivity contribution in [3.8, 4) is 11.5 Å². The van der Waals surface area contributed by atoms with Crippen LogP contribution < -0.4 is 9.47 Å². The molecule has 0 saturated carbocycles. The second-order valence-corrected chi connectivity index (χ2v) is 8.01. The third kappa shape index (κ3) is 4.33. The summed E-state index contributed by atoms with van der Waals surface area (Å²) >= 11 is 0. The van der Waals surface area contributed by atoms with E-state index in [0.717, 1.165) is 39.6 Å². The smallest absolute Gasteiger partial charge is 0.231 e. The number of ether oxygens (including phenoxy) is 2. The van der Waals surface area contributed by atoms with Gasteiger partial charge in [0.05, 0.1) is 17.3 Å². The average Bonchev–Trinajstić information content (AvgIpc) is 3.49. The van der Waals surface area contributed by atoms with Crippen LogP contribution in [0, 0.1) is 0 Å². The van der Waals surface area contributed by atoms with Gasteiger partial charge in [0.2, 0.25) is 6.79 Å². The molecule has 160 valence electrons. The van der Waals surface area contributed by atoms with E-state index >= 15 is 0 Å². The van der Waals surface area contributed by atoms with Crippen LogP contribution in [0.1, 0.15) is 41.9 Å². The minimum atomic E-state index is -0.0136. The van der Waals surface area contributed by atoms with Gasteiger partial charge in [-0.15, -0.1) is 0 Å². The summed E-state index contributed by atoms with van der Waals surface area (Å²) in [6.07, 6.45) is 2.26. The normalized spacial score (nSPS) is 16.6. The summed E-state index contributed by atoms with van der Waals surface area (Å²) in [5.74, 6) is 1.73. The van der Waals surface area contributed by atoms with Crippen molar-refractivity contribution in [2.75, 3.05) is 6.79 Å². The third-order valence-corrected chi connectivity index (χ3v) is 5.88. The van der Waals surface area contributed by atoms with Gasteiger partial charge in [-0.25, -0.2) is 0 Å². The quantitative estimate of drug-likeness (QED) is 0.490. The monoisotopic (exact) mass is 424 g/mol. The van der Waals surface area contributed by atoms with Crippen LogP contribution in [0.25, 0.3) is 0 Å². The zero-order valence-corrected chi connectivity index (χ0v) is 17.7. The summed E-state index contributed by atoms with van der Waals surface area (Å²) in [6.45, 7) is 0.259. The highest BCUT2D eigenvalue weighted by atomic mass is 16.7. The number of Topliss-reactive ketones (excluding diaryl/α,β-unsaturated/α-hetero) is 1. The summed E-state index contributed by atoms with van der Waals surface area (Å²) in [6, 6.07) is 26.3. The molecule has 5 rings (SSSR count). The SMILES string of the molecule is O=C(CCC1=NN=C(c2ccccc2)C1c1ccccc1)CCc1ccc2c(c1)OCO2. The Kier molecular flexibility index (Phi) is 5.79. The fourth-order valence-electron chi connectivity index (χ4n) is 4.19. The maximum Gasteiger partial charge on any atom is 0.231 e. The zero-order chi connectivity index (χ0) is 21.8. The first-order valence-corrected chi connectivity index (χ1v) is 10.9. The van der Waals surface area contributed by atoms with Gasteiger partial charge in [-0.1, -0.05) is 66.7 Å². The standard InChI is InChI=1S/C27H24N2O3/c30-22(13-11-19-12-16-24-25(17-19)32-18-31-24)14-15-23-26(20-7-3-1-4-8-20)27(29-28-23)21-9-5-2-6-10-21/h1-10,12,16-17,26H,11,13-15,18H2. The molecule has 0 aromatic heterocycles. The molecule has 0 saturated heterocycles.